The molecule has 1 heterocycles. The van der Waals surface area contributed by atoms with E-state index in [2.05, 4.69) is 39.7 Å². The van der Waals surface area contributed by atoms with E-state index in [1.807, 2.05) is 19.1 Å². The highest BCUT2D eigenvalue weighted by molar-refractivity contribution is 6.31. The fourth-order valence-electron chi connectivity index (χ4n) is 3.59. The smallest absolute Gasteiger partial charge is 0.319 e. The minimum Gasteiger partial charge on any atom is -0.490 e. The number of amides is 3. The third-order valence-corrected chi connectivity index (χ3v) is 6.28. The summed E-state index contributed by atoms with van der Waals surface area (Å²) >= 11 is 6.30. The summed E-state index contributed by atoms with van der Waals surface area (Å²) in [6.07, 6.45) is 1.51. The van der Waals surface area contributed by atoms with Crippen molar-refractivity contribution >= 4 is 29.2 Å². The van der Waals surface area contributed by atoms with Crippen molar-refractivity contribution in [2.75, 3.05) is 38.6 Å². The van der Waals surface area contributed by atoms with E-state index in [4.69, 9.17) is 21.1 Å². The summed E-state index contributed by atoms with van der Waals surface area (Å²) in [5.74, 6) is 1.33. The second-order valence-corrected chi connectivity index (χ2v) is 8.89. The number of rotatable bonds is 12. The van der Waals surface area contributed by atoms with Crippen LogP contribution in [-0.2, 0) is 6.54 Å². The molecule has 0 unspecified atom stereocenters. The van der Waals surface area contributed by atoms with Gasteiger partial charge in [0.1, 0.15) is 29.5 Å². The number of ether oxygens (including phenoxy) is 2. The molecule has 3 amide bonds. The van der Waals surface area contributed by atoms with Crippen molar-refractivity contribution in [2.24, 2.45) is 0 Å². The number of benzene rings is 2. The number of carbonyl (C=O) groups is 2. The van der Waals surface area contributed by atoms with Gasteiger partial charge in [-0.3, -0.25) is 9.78 Å². The van der Waals surface area contributed by atoms with Gasteiger partial charge in [-0.15, -0.1) is 0 Å². The highest BCUT2D eigenvalue weighted by Crippen LogP contribution is 2.31. The van der Waals surface area contributed by atoms with E-state index in [1.165, 1.54) is 6.20 Å². The zero-order chi connectivity index (χ0) is 27.5. The van der Waals surface area contributed by atoms with Gasteiger partial charge in [-0.05, 0) is 55.4 Å². The Morgan fingerprint density at radius 2 is 1.76 bits per heavy atom. The molecule has 0 spiro atoms. The average molecular weight is 540 g/mol. The summed E-state index contributed by atoms with van der Waals surface area (Å²) in [5, 5.41) is 8.83. The zero-order valence-electron chi connectivity index (χ0n) is 22.1. The van der Waals surface area contributed by atoms with Crippen molar-refractivity contribution in [1.29, 1.82) is 0 Å². The van der Waals surface area contributed by atoms with Crippen LogP contribution in [0.15, 0.2) is 54.7 Å². The first-order valence-electron chi connectivity index (χ1n) is 12.5. The molecule has 0 aliphatic heterocycles. The largest absolute Gasteiger partial charge is 0.490 e. The predicted octanol–water partition coefficient (Wildman–Crippen LogP) is 5.24. The molecule has 10 heteroatoms. The summed E-state index contributed by atoms with van der Waals surface area (Å²) in [5.41, 5.74) is 2.55. The molecule has 0 aliphatic rings. The maximum absolute atomic E-state index is 12.6. The number of nitrogens with zero attached hydrogens (tertiary/aromatic N) is 2. The molecule has 2 aromatic carbocycles. The number of nitrogens with one attached hydrogen (secondary N) is 3. The summed E-state index contributed by atoms with van der Waals surface area (Å²) in [6.45, 7) is 9.55. The number of aryl methyl sites for hydroxylation is 1. The lowest BCUT2D eigenvalue weighted by Gasteiger charge is -2.19. The second kappa shape index (κ2) is 14.2. The van der Waals surface area contributed by atoms with E-state index in [9.17, 15) is 9.59 Å². The maximum atomic E-state index is 12.6. The molecule has 0 saturated heterocycles. The minimum absolute atomic E-state index is 0.269. The monoisotopic (exact) mass is 539 g/mol. The highest BCUT2D eigenvalue weighted by atomic mass is 35.5. The molecule has 0 bridgehead atoms. The molecule has 0 fully saturated rings. The molecule has 0 aliphatic carbocycles. The van der Waals surface area contributed by atoms with Gasteiger partial charge in [0.25, 0.3) is 5.91 Å². The molecule has 3 N–H and O–H groups in total. The van der Waals surface area contributed by atoms with E-state index >= 15 is 0 Å². The molecule has 0 saturated carbocycles. The van der Waals surface area contributed by atoms with Crippen molar-refractivity contribution in [3.8, 4) is 17.2 Å². The Morgan fingerprint density at radius 3 is 2.45 bits per heavy atom. The van der Waals surface area contributed by atoms with Gasteiger partial charge in [-0.1, -0.05) is 37.6 Å². The van der Waals surface area contributed by atoms with E-state index in [1.54, 1.807) is 43.4 Å². The molecular weight excluding hydrogens is 506 g/mol. The van der Waals surface area contributed by atoms with Gasteiger partial charge < -0.3 is 30.3 Å². The van der Waals surface area contributed by atoms with Crippen molar-refractivity contribution in [3.05, 3.63) is 76.6 Å². The third-order valence-electron chi connectivity index (χ3n) is 5.87. The molecule has 3 aromatic rings. The molecule has 1 aromatic heterocycles. The molecule has 9 nitrogen and oxygen atoms in total. The van der Waals surface area contributed by atoms with E-state index in [0.717, 1.165) is 30.8 Å². The Morgan fingerprint density at radius 1 is 1.03 bits per heavy atom. The lowest BCUT2D eigenvalue weighted by molar-refractivity contribution is 0.0957. The van der Waals surface area contributed by atoms with Crippen molar-refractivity contribution in [2.45, 2.75) is 27.3 Å². The Hall–Kier alpha value is -3.82. The van der Waals surface area contributed by atoms with E-state index in [0.29, 0.717) is 41.1 Å². The number of likely N-dealkylation sites (N-methyl/N-ethyl adjacent to an activating group) is 1. The zero-order valence-corrected chi connectivity index (χ0v) is 22.9. The van der Waals surface area contributed by atoms with Crippen LogP contribution in [-0.4, -0.2) is 55.1 Å². The average Bonchev–Trinajstić information content (AvgIpc) is 2.93. The fourth-order valence-corrected chi connectivity index (χ4v) is 3.75. The Labute approximate surface area is 228 Å². The minimum atomic E-state index is -0.362. The standard InChI is InChI=1S/C28H34ClN5O4/c1-5-34(6-2)13-14-37-26-17-23(29)19(3)15-24(26)33-28(36)32-18-20-7-9-21(10-8-20)38-22-11-12-31-25(16-22)27(35)30-4/h7-12,15-17H,5-6,13-14,18H2,1-4H3,(H,30,35)(H2,32,33,36). The van der Waals surface area contributed by atoms with Crippen LogP contribution in [0.3, 0.4) is 0 Å². The first-order chi connectivity index (χ1) is 18.3. The van der Waals surface area contributed by atoms with Crippen LogP contribution in [0.4, 0.5) is 10.5 Å². The number of hydrogen-bond acceptors (Lipinski definition) is 6. The first kappa shape index (κ1) is 28.7. The first-order valence-corrected chi connectivity index (χ1v) is 12.9. The summed E-state index contributed by atoms with van der Waals surface area (Å²) in [7, 11) is 1.54. The van der Waals surface area contributed by atoms with E-state index < -0.39 is 0 Å². The van der Waals surface area contributed by atoms with Crippen LogP contribution in [0.5, 0.6) is 17.2 Å². The van der Waals surface area contributed by atoms with Gasteiger partial charge >= 0.3 is 6.03 Å². The SMILES string of the molecule is CCN(CC)CCOc1cc(Cl)c(C)cc1NC(=O)NCc1ccc(Oc2ccnc(C(=O)NC)c2)cc1. The molecule has 0 radical (unpaired) electrons. The maximum Gasteiger partial charge on any atom is 0.319 e. The van der Waals surface area contributed by atoms with Gasteiger partial charge in [0.2, 0.25) is 0 Å². The third kappa shape index (κ3) is 8.36. The normalized spacial score (nSPS) is 10.7. The fraction of sp³-hybridized carbons (Fsp3) is 0.321. The topological polar surface area (TPSA) is 105 Å². The number of halogens is 1. The second-order valence-electron chi connectivity index (χ2n) is 8.48. The van der Waals surface area contributed by atoms with Crippen molar-refractivity contribution in [3.63, 3.8) is 0 Å². The van der Waals surface area contributed by atoms with Gasteiger partial charge in [0.05, 0.1) is 5.69 Å². The quantitative estimate of drug-likeness (QED) is 0.291. The van der Waals surface area contributed by atoms with Crippen LogP contribution in [0.25, 0.3) is 0 Å². The van der Waals surface area contributed by atoms with Gasteiger partial charge in [-0.2, -0.15) is 0 Å². The van der Waals surface area contributed by atoms with Crippen LogP contribution < -0.4 is 25.4 Å². The van der Waals surface area contributed by atoms with Crippen LogP contribution in [0.2, 0.25) is 5.02 Å². The summed E-state index contributed by atoms with van der Waals surface area (Å²) in [4.78, 5) is 30.7. The Bertz CT molecular complexity index is 1230. The summed E-state index contributed by atoms with van der Waals surface area (Å²) < 4.78 is 11.8. The van der Waals surface area contributed by atoms with E-state index in [-0.39, 0.29) is 17.6 Å². The highest BCUT2D eigenvalue weighted by Gasteiger charge is 2.12. The van der Waals surface area contributed by atoms with Crippen LogP contribution in [0, 0.1) is 6.92 Å². The Balaban J connectivity index is 1.56. The lowest BCUT2D eigenvalue weighted by atomic mass is 10.2. The summed E-state index contributed by atoms with van der Waals surface area (Å²) in [6, 6.07) is 13.7. The molecular formula is C28H34ClN5O4. The predicted molar refractivity (Wildman–Crippen MR) is 149 cm³/mol. The number of pyridine rings is 1. The number of hydrogen-bond donors (Lipinski definition) is 3. The number of aromatic nitrogens is 1. The van der Waals surface area contributed by atoms with Gasteiger partial charge in [0.15, 0.2) is 0 Å². The molecule has 3 rings (SSSR count). The number of anilines is 1. The molecule has 202 valence electrons. The molecule has 38 heavy (non-hydrogen) atoms. The lowest BCUT2D eigenvalue weighted by Crippen LogP contribution is -2.29. The van der Waals surface area contributed by atoms with Crippen molar-refractivity contribution in [1.82, 2.24) is 20.5 Å². The molecule has 0 atom stereocenters. The van der Waals surface area contributed by atoms with Gasteiger partial charge in [-0.25, -0.2) is 4.79 Å². The van der Waals surface area contributed by atoms with Gasteiger partial charge in [0, 0.05) is 43.5 Å². The van der Waals surface area contributed by atoms with Crippen LogP contribution in [0.1, 0.15) is 35.5 Å². The Kier molecular flexibility index (Phi) is 10.7. The number of urea groups is 1. The van der Waals surface area contributed by atoms with Crippen molar-refractivity contribution < 1.29 is 19.1 Å². The number of carbonyl (C=O) groups excluding carboxylic acids is 2. The van der Waals surface area contributed by atoms with Crippen LogP contribution >= 0.6 is 11.6 Å².